The van der Waals surface area contributed by atoms with E-state index in [2.05, 4.69) is 13.8 Å². The molecule has 0 aliphatic heterocycles. The van der Waals surface area contributed by atoms with Crippen molar-refractivity contribution in [2.24, 2.45) is 0 Å². The number of carbonyl (C=O) groups is 2. The second kappa shape index (κ2) is 31.8. The first-order chi connectivity index (χ1) is 29.4. The van der Waals surface area contributed by atoms with E-state index in [-0.39, 0.29) is 23.1 Å². The SMILES string of the molecule is CCCCCCCCCCCCOc1ccc(/C=C/C(=O)c2ccccc2O)cc1.CCCCCCCCCCCCOc1ccc(/C=C/C(=O)c2ccccc2O)cc1. The van der Waals surface area contributed by atoms with Crippen molar-refractivity contribution in [3.63, 3.8) is 0 Å². The van der Waals surface area contributed by atoms with Crippen molar-refractivity contribution >= 4 is 23.7 Å². The third-order valence-corrected chi connectivity index (χ3v) is 10.5. The minimum absolute atomic E-state index is 0.00266. The highest BCUT2D eigenvalue weighted by Gasteiger charge is 2.08. The van der Waals surface area contributed by atoms with Crippen molar-refractivity contribution in [3.05, 3.63) is 131 Å². The Morgan fingerprint density at radius 1 is 0.417 bits per heavy atom. The van der Waals surface area contributed by atoms with Crippen LogP contribution in [-0.2, 0) is 0 Å². The van der Waals surface area contributed by atoms with Crippen LogP contribution >= 0.6 is 0 Å². The van der Waals surface area contributed by atoms with E-state index in [4.69, 9.17) is 9.47 Å². The number of allylic oxidation sites excluding steroid dienone is 2. The van der Waals surface area contributed by atoms with Crippen LogP contribution in [0.1, 0.15) is 174 Å². The molecule has 0 fully saturated rings. The van der Waals surface area contributed by atoms with E-state index >= 15 is 0 Å². The highest BCUT2D eigenvalue weighted by Crippen LogP contribution is 2.21. The molecule has 0 radical (unpaired) electrons. The second-order valence-electron chi connectivity index (χ2n) is 15.6. The second-order valence-corrected chi connectivity index (χ2v) is 15.6. The Hall–Kier alpha value is -5.10. The summed E-state index contributed by atoms with van der Waals surface area (Å²) in [6, 6.07) is 28.6. The summed E-state index contributed by atoms with van der Waals surface area (Å²) in [5, 5.41) is 19.5. The fourth-order valence-corrected chi connectivity index (χ4v) is 6.80. The molecule has 2 N–H and O–H groups in total. The first-order valence-electron chi connectivity index (χ1n) is 22.9. The molecule has 4 aromatic carbocycles. The number of phenols is 2. The Morgan fingerprint density at radius 3 is 1.03 bits per heavy atom. The van der Waals surface area contributed by atoms with Gasteiger partial charge in [0, 0.05) is 0 Å². The van der Waals surface area contributed by atoms with Gasteiger partial charge in [0.1, 0.15) is 23.0 Å². The molecule has 0 aliphatic carbocycles. The molecule has 0 spiro atoms. The molecule has 324 valence electrons. The van der Waals surface area contributed by atoms with Gasteiger partial charge < -0.3 is 19.7 Å². The summed E-state index contributed by atoms with van der Waals surface area (Å²) >= 11 is 0. The average molecular weight is 817 g/mol. The van der Waals surface area contributed by atoms with E-state index in [1.54, 1.807) is 48.6 Å². The maximum Gasteiger partial charge on any atom is 0.189 e. The van der Waals surface area contributed by atoms with Crippen LogP contribution in [0.25, 0.3) is 12.2 Å². The van der Waals surface area contributed by atoms with Crippen LogP contribution in [-0.4, -0.2) is 35.0 Å². The minimum atomic E-state index is -0.214. The van der Waals surface area contributed by atoms with Crippen LogP contribution in [0.5, 0.6) is 23.0 Å². The van der Waals surface area contributed by atoms with Gasteiger partial charge in [-0.15, -0.1) is 0 Å². The van der Waals surface area contributed by atoms with Gasteiger partial charge >= 0.3 is 0 Å². The highest BCUT2D eigenvalue weighted by atomic mass is 16.5. The number of benzene rings is 4. The van der Waals surface area contributed by atoms with E-state index in [9.17, 15) is 19.8 Å². The Bertz CT molecular complexity index is 1660. The number of ketones is 2. The number of hydrogen-bond donors (Lipinski definition) is 2. The van der Waals surface area contributed by atoms with Crippen LogP contribution in [0.15, 0.2) is 109 Å². The fourth-order valence-electron chi connectivity index (χ4n) is 6.80. The lowest BCUT2D eigenvalue weighted by molar-refractivity contribution is 0.103. The number of hydrogen-bond acceptors (Lipinski definition) is 6. The number of aromatic hydroxyl groups is 2. The van der Waals surface area contributed by atoms with E-state index in [0.29, 0.717) is 11.1 Å². The molecule has 4 aromatic rings. The average Bonchev–Trinajstić information content (AvgIpc) is 3.27. The Kier molecular flexibility index (Phi) is 26.1. The van der Waals surface area contributed by atoms with Crippen molar-refractivity contribution in [1.82, 2.24) is 0 Å². The number of carbonyl (C=O) groups excluding carboxylic acids is 2. The monoisotopic (exact) mass is 817 g/mol. The van der Waals surface area contributed by atoms with E-state index in [0.717, 1.165) is 48.7 Å². The Balaban J connectivity index is 0.000000320. The van der Waals surface area contributed by atoms with Gasteiger partial charge in [-0.25, -0.2) is 0 Å². The Labute approximate surface area is 361 Å². The van der Waals surface area contributed by atoms with Gasteiger partial charge in [-0.1, -0.05) is 190 Å². The van der Waals surface area contributed by atoms with Gasteiger partial charge in [-0.2, -0.15) is 0 Å². The summed E-state index contributed by atoms with van der Waals surface area (Å²) in [7, 11) is 0. The van der Waals surface area contributed by atoms with Gasteiger partial charge in [0.15, 0.2) is 11.6 Å². The molecule has 60 heavy (non-hydrogen) atoms. The zero-order valence-corrected chi connectivity index (χ0v) is 36.6. The lowest BCUT2D eigenvalue weighted by Gasteiger charge is -2.06. The Morgan fingerprint density at radius 2 is 0.717 bits per heavy atom. The molecule has 0 atom stereocenters. The van der Waals surface area contributed by atoms with Crippen LogP contribution in [0.2, 0.25) is 0 Å². The number of unbranched alkanes of at least 4 members (excludes halogenated alkanes) is 18. The molecule has 0 saturated carbocycles. The number of ether oxygens (including phenoxy) is 2. The summed E-state index contributed by atoms with van der Waals surface area (Å²) in [4.78, 5) is 24.3. The van der Waals surface area contributed by atoms with Crippen LogP contribution in [0, 0.1) is 0 Å². The molecule has 0 aliphatic rings. The summed E-state index contributed by atoms with van der Waals surface area (Å²) in [6.07, 6.45) is 32.8. The maximum absolute atomic E-state index is 12.2. The van der Waals surface area contributed by atoms with Crippen molar-refractivity contribution in [3.8, 4) is 23.0 Å². The number of para-hydroxylation sites is 2. The molecule has 0 amide bonds. The molecule has 6 nitrogen and oxygen atoms in total. The third-order valence-electron chi connectivity index (χ3n) is 10.5. The fraction of sp³-hybridized carbons (Fsp3) is 0.444. The van der Waals surface area contributed by atoms with Gasteiger partial charge in [0.25, 0.3) is 0 Å². The smallest absolute Gasteiger partial charge is 0.189 e. The quantitative estimate of drug-likeness (QED) is 0.0309. The van der Waals surface area contributed by atoms with Gasteiger partial charge in [-0.3, -0.25) is 9.59 Å². The molecule has 4 rings (SSSR count). The molecular weight excluding hydrogens is 745 g/mol. The van der Waals surface area contributed by atoms with Crippen LogP contribution < -0.4 is 9.47 Å². The van der Waals surface area contributed by atoms with E-state index < -0.39 is 0 Å². The topological polar surface area (TPSA) is 93.1 Å². The minimum Gasteiger partial charge on any atom is -0.507 e. The highest BCUT2D eigenvalue weighted by molar-refractivity contribution is 6.09. The molecule has 0 aromatic heterocycles. The molecule has 0 saturated heterocycles. The summed E-state index contributed by atoms with van der Waals surface area (Å²) in [5.74, 6) is 1.29. The molecule has 0 heterocycles. The van der Waals surface area contributed by atoms with Gasteiger partial charge in [0.05, 0.1) is 24.3 Å². The molecular formula is C54H72O6. The summed E-state index contributed by atoms with van der Waals surface area (Å²) in [6.45, 7) is 6.01. The van der Waals surface area contributed by atoms with Crippen molar-refractivity contribution in [1.29, 1.82) is 0 Å². The largest absolute Gasteiger partial charge is 0.507 e. The molecule has 0 unspecified atom stereocenters. The van der Waals surface area contributed by atoms with E-state index in [1.807, 2.05) is 48.5 Å². The first kappa shape index (κ1) is 49.3. The zero-order valence-electron chi connectivity index (χ0n) is 36.6. The standard InChI is InChI=1S/2C27H36O3/c2*1-2-3-4-5-6-7-8-9-10-13-22-30-24-19-16-23(17-20-24)18-21-27(29)25-14-11-12-15-26(25)28/h2*11-12,14-21,28H,2-10,13,22H2,1H3/b2*21-18+. The lowest BCUT2D eigenvalue weighted by Crippen LogP contribution is -1.97. The predicted molar refractivity (Wildman–Crippen MR) is 251 cm³/mol. The number of rotatable bonds is 30. The van der Waals surface area contributed by atoms with Crippen molar-refractivity contribution in [2.75, 3.05) is 13.2 Å². The number of phenolic OH excluding ortho intramolecular Hbond substituents is 2. The first-order valence-corrected chi connectivity index (χ1v) is 22.9. The van der Waals surface area contributed by atoms with E-state index in [1.165, 1.54) is 140 Å². The maximum atomic E-state index is 12.2. The van der Waals surface area contributed by atoms with Crippen molar-refractivity contribution < 1.29 is 29.3 Å². The van der Waals surface area contributed by atoms with Gasteiger partial charge in [-0.05, 0) is 84.7 Å². The lowest BCUT2D eigenvalue weighted by atomic mass is 10.1. The van der Waals surface area contributed by atoms with Crippen molar-refractivity contribution in [2.45, 2.75) is 142 Å². The zero-order chi connectivity index (χ0) is 42.9. The third kappa shape index (κ3) is 21.8. The van der Waals surface area contributed by atoms with Crippen LogP contribution in [0.3, 0.4) is 0 Å². The molecule has 6 heteroatoms. The van der Waals surface area contributed by atoms with Gasteiger partial charge in [0.2, 0.25) is 0 Å². The summed E-state index contributed by atoms with van der Waals surface area (Å²) < 4.78 is 11.6. The van der Waals surface area contributed by atoms with Crippen LogP contribution in [0.4, 0.5) is 0 Å². The summed E-state index contributed by atoms with van der Waals surface area (Å²) in [5.41, 5.74) is 2.46. The predicted octanol–water partition coefficient (Wildman–Crippen LogP) is 15.2. The normalized spacial score (nSPS) is 11.1. The molecule has 0 bridgehead atoms.